The van der Waals surface area contributed by atoms with E-state index in [0.29, 0.717) is 12.5 Å². The van der Waals surface area contributed by atoms with Crippen LogP contribution in [0.1, 0.15) is 5.69 Å². The summed E-state index contributed by atoms with van der Waals surface area (Å²) in [6.07, 6.45) is 1.88. The molecule has 0 aliphatic rings. The Bertz CT molecular complexity index is 753. The molecule has 25 heavy (non-hydrogen) atoms. The Balaban J connectivity index is 2.15. The first-order valence-electron chi connectivity index (χ1n) is 8.16. The number of nitro benzene ring substituents is 1. The van der Waals surface area contributed by atoms with Gasteiger partial charge in [-0.05, 0) is 19.0 Å². The van der Waals surface area contributed by atoms with Crippen molar-refractivity contribution in [2.45, 2.75) is 39.3 Å². The zero-order valence-electron chi connectivity index (χ0n) is 15.4. The molecular formula is C17H25N3O4Si. The Labute approximate surface area is 148 Å². The number of methoxy groups -OCH3 is 1. The minimum absolute atomic E-state index is 0.000301. The van der Waals surface area contributed by atoms with Crippen LogP contribution < -0.4 is 4.74 Å². The fraction of sp³-hybridized carbons (Fsp3) is 0.471. The molecule has 0 saturated carbocycles. The van der Waals surface area contributed by atoms with Crippen LogP contribution >= 0.6 is 0 Å². The molecule has 0 amide bonds. The van der Waals surface area contributed by atoms with Crippen LogP contribution in [0.4, 0.5) is 5.69 Å². The monoisotopic (exact) mass is 363 g/mol. The van der Waals surface area contributed by atoms with E-state index in [1.807, 2.05) is 13.1 Å². The Kier molecular flexibility index (Phi) is 5.96. The van der Waals surface area contributed by atoms with Crippen LogP contribution in [0.25, 0.3) is 11.1 Å². The third-order valence-corrected chi connectivity index (χ3v) is 5.56. The lowest BCUT2D eigenvalue weighted by Gasteiger charge is -2.15. The van der Waals surface area contributed by atoms with Gasteiger partial charge in [0, 0.05) is 38.1 Å². The molecule has 2 rings (SSSR count). The van der Waals surface area contributed by atoms with Crippen LogP contribution in [-0.2, 0) is 11.5 Å². The van der Waals surface area contributed by atoms with Gasteiger partial charge in [-0.1, -0.05) is 19.6 Å². The zero-order valence-corrected chi connectivity index (χ0v) is 16.4. The second kappa shape index (κ2) is 7.79. The number of hydrogen-bond donors (Lipinski definition) is 0. The predicted molar refractivity (Wildman–Crippen MR) is 99.7 cm³/mol. The second-order valence-corrected chi connectivity index (χ2v) is 12.8. The highest BCUT2D eigenvalue weighted by molar-refractivity contribution is 6.76. The molecule has 2 aromatic rings. The molecule has 8 heteroatoms. The van der Waals surface area contributed by atoms with Gasteiger partial charge in [0.1, 0.15) is 12.5 Å². The summed E-state index contributed by atoms with van der Waals surface area (Å²) >= 11 is 0. The third kappa shape index (κ3) is 5.14. The van der Waals surface area contributed by atoms with Crippen molar-refractivity contribution in [2.24, 2.45) is 0 Å². The Hall–Kier alpha value is -2.19. The number of benzene rings is 1. The van der Waals surface area contributed by atoms with Gasteiger partial charge in [0.15, 0.2) is 0 Å². The van der Waals surface area contributed by atoms with Crippen LogP contribution in [0.2, 0.25) is 25.7 Å². The Morgan fingerprint density at radius 2 is 2.00 bits per heavy atom. The highest BCUT2D eigenvalue weighted by Crippen LogP contribution is 2.34. The molecule has 7 nitrogen and oxygen atoms in total. The fourth-order valence-corrected chi connectivity index (χ4v) is 3.16. The van der Waals surface area contributed by atoms with Crippen molar-refractivity contribution in [2.75, 3.05) is 13.7 Å². The van der Waals surface area contributed by atoms with Crippen LogP contribution in [0, 0.1) is 17.0 Å². The van der Waals surface area contributed by atoms with E-state index in [1.165, 1.54) is 19.2 Å². The van der Waals surface area contributed by atoms with Crippen molar-refractivity contribution in [1.82, 2.24) is 9.78 Å². The molecular weight excluding hydrogens is 338 g/mol. The molecule has 0 saturated heterocycles. The lowest BCUT2D eigenvalue weighted by Crippen LogP contribution is -2.22. The van der Waals surface area contributed by atoms with E-state index in [0.717, 1.165) is 29.5 Å². The summed E-state index contributed by atoms with van der Waals surface area (Å²) in [5, 5.41) is 15.4. The lowest BCUT2D eigenvalue weighted by atomic mass is 10.1. The van der Waals surface area contributed by atoms with Crippen molar-refractivity contribution in [1.29, 1.82) is 0 Å². The fourth-order valence-electron chi connectivity index (χ4n) is 2.40. The molecule has 0 aliphatic carbocycles. The van der Waals surface area contributed by atoms with Crippen molar-refractivity contribution >= 4 is 13.8 Å². The molecule has 1 aromatic carbocycles. The maximum atomic E-state index is 10.9. The number of nitro groups is 1. The number of aromatic nitrogens is 2. The maximum Gasteiger partial charge on any atom is 0.273 e. The van der Waals surface area contributed by atoms with Crippen LogP contribution in [0.3, 0.4) is 0 Å². The largest absolute Gasteiger partial charge is 0.496 e. The molecule has 0 spiro atoms. The quantitative estimate of drug-likeness (QED) is 0.305. The summed E-state index contributed by atoms with van der Waals surface area (Å²) in [7, 11) is 0.395. The van der Waals surface area contributed by atoms with Gasteiger partial charge in [-0.25, -0.2) is 4.68 Å². The van der Waals surface area contributed by atoms with Gasteiger partial charge in [0.25, 0.3) is 5.69 Å². The summed E-state index contributed by atoms with van der Waals surface area (Å²) in [6.45, 7) is 9.95. The van der Waals surface area contributed by atoms with Crippen molar-refractivity contribution in [3.63, 3.8) is 0 Å². The number of rotatable bonds is 8. The van der Waals surface area contributed by atoms with Crippen LogP contribution in [-0.4, -0.2) is 36.5 Å². The van der Waals surface area contributed by atoms with Gasteiger partial charge >= 0.3 is 0 Å². The van der Waals surface area contributed by atoms with Gasteiger partial charge in [0.2, 0.25) is 0 Å². The van der Waals surface area contributed by atoms with Gasteiger partial charge in [-0.2, -0.15) is 5.10 Å². The average Bonchev–Trinajstić information content (AvgIpc) is 2.90. The van der Waals surface area contributed by atoms with Gasteiger partial charge in [-0.3, -0.25) is 10.1 Å². The van der Waals surface area contributed by atoms with E-state index in [4.69, 9.17) is 9.47 Å². The first kappa shape index (κ1) is 19.1. The molecule has 0 unspecified atom stereocenters. The van der Waals surface area contributed by atoms with Gasteiger partial charge in [0.05, 0.1) is 23.8 Å². The minimum atomic E-state index is -1.11. The van der Waals surface area contributed by atoms with E-state index in [1.54, 1.807) is 10.7 Å². The number of non-ortho nitro benzene ring substituents is 1. The zero-order chi connectivity index (χ0) is 18.6. The Morgan fingerprint density at radius 3 is 2.60 bits per heavy atom. The van der Waals surface area contributed by atoms with E-state index < -0.39 is 13.0 Å². The summed E-state index contributed by atoms with van der Waals surface area (Å²) in [4.78, 5) is 10.5. The third-order valence-electron chi connectivity index (χ3n) is 3.85. The van der Waals surface area contributed by atoms with E-state index >= 15 is 0 Å². The lowest BCUT2D eigenvalue weighted by molar-refractivity contribution is -0.384. The summed E-state index contributed by atoms with van der Waals surface area (Å²) in [5.74, 6) is 0.455. The number of hydrogen-bond acceptors (Lipinski definition) is 5. The van der Waals surface area contributed by atoms with Crippen molar-refractivity contribution in [3.05, 3.63) is 40.2 Å². The molecule has 0 N–H and O–H groups in total. The van der Waals surface area contributed by atoms with Crippen molar-refractivity contribution < 1.29 is 14.4 Å². The van der Waals surface area contributed by atoms with Gasteiger partial charge < -0.3 is 9.47 Å². The smallest absolute Gasteiger partial charge is 0.273 e. The van der Waals surface area contributed by atoms with E-state index in [2.05, 4.69) is 24.7 Å². The first-order valence-corrected chi connectivity index (χ1v) is 11.9. The number of aryl methyl sites for hydroxylation is 1. The summed E-state index contributed by atoms with van der Waals surface area (Å²) in [5.41, 5.74) is 2.47. The molecule has 1 heterocycles. The average molecular weight is 363 g/mol. The standard InChI is InChI=1S/C17H25N3O4Si/c1-13-16(11-19(18-13)12-24-8-9-25(3,4)5)15-7-6-14(20(21)22)10-17(15)23-2/h6-7,10-11H,8-9,12H2,1-5H3. The number of nitrogens with zero attached hydrogens (tertiary/aromatic N) is 3. The van der Waals surface area contributed by atoms with E-state index in [9.17, 15) is 10.1 Å². The molecule has 0 bridgehead atoms. The molecule has 0 radical (unpaired) electrons. The van der Waals surface area contributed by atoms with Gasteiger partial charge in [-0.15, -0.1) is 0 Å². The van der Waals surface area contributed by atoms with Crippen LogP contribution in [0.5, 0.6) is 5.75 Å². The second-order valence-electron chi connectivity index (χ2n) is 7.16. The summed E-state index contributed by atoms with van der Waals surface area (Å²) in [6, 6.07) is 5.70. The highest BCUT2D eigenvalue weighted by Gasteiger charge is 2.17. The molecule has 0 fully saturated rings. The molecule has 0 atom stereocenters. The molecule has 0 aliphatic heterocycles. The van der Waals surface area contributed by atoms with Crippen molar-refractivity contribution in [3.8, 4) is 16.9 Å². The minimum Gasteiger partial charge on any atom is -0.496 e. The molecule has 1 aromatic heterocycles. The van der Waals surface area contributed by atoms with E-state index in [-0.39, 0.29) is 5.69 Å². The SMILES string of the molecule is COc1cc([N+](=O)[O-])ccc1-c1cn(COCC[Si](C)(C)C)nc1C. The highest BCUT2D eigenvalue weighted by atomic mass is 28.3. The first-order chi connectivity index (χ1) is 11.7. The number of ether oxygens (including phenoxy) is 2. The Morgan fingerprint density at radius 1 is 1.28 bits per heavy atom. The maximum absolute atomic E-state index is 10.9. The normalized spacial score (nSPS) is 11.6. The summed E-state index contributed by atoms with van der Waals surface area (Å²) < 4.78 is 12.8. The molecule has 136 valence electrons. The predicted octanol–water partition coefficient (Wildman–Crippen LogP) is 4.09. The topological polar surface area (TPSA) is 79.4 Å². The van der Waals surface area contributed by atoms with Crippen LogP contribution in [0.15, 0.2) is 24.4 Å².